The molecule has 3 aliphatic rings. The molecule has 3 fully saturated rings. The van der Waals surface area contributed by atoms with E-state index >= 15 is 0 Å². The molecular formula is C61H74O14. The highest BCUT2D eigenvalue weighted by molar-refractivity contribution is 5.68. The zero-order valence-corrected chi connectivity index (χ0v) is 43.3. The second-order valence-electron chi connectivity index (χ2n) is 18.9. The molecule has 14 heteroatoms. The van der Waals surface area contributed by atoms with Gasteiger partial charge in [-0.3, -0.25) is 4.79 Å². The van der Waals surface area contributed by atoms with Crippen molar-refractivity contribution in [2.45, 2.75) is 139 Å². The van der Waals surface area contributed by atoms with Crippen molar-refractivity contribution in [3.63, 3.8) is 0 Å². The molecule has 11 atom stereocenters. The lowest BCUT2D eigenvalue weighted by Gasteiger charge is -2.51. The van der Waals surface area contributed by atoms with Crippen molar-refractivity contribution >= 4 is 5.97 Å². The van der Waals surface area contributed by atoms with E-state index in [2.05, 4.69) is 6.58 Å². The zero-order valence-electron chi connectivity index (χ0n) is 43.3. The van der Waals surface area contributed by atoms with Crippen LogP contribution in [0.5, 0.6) is 5.75 Å². The lowest BCUT2D eigenvalue weighted by atomic mass is 9.95. The molecule has 0 aromatic heterocycles. The normalized spacial score (nSPS) is 25.5. The third-order valence-corrected chi connectivity index (χ3v) is 13.5. The van der Waals surface area contributed by atoms with Crippen LogP contribution in [0, 0.1) is 0 Å². The van der Waals surface area contributed by atoms with Crippen LogP contribution >= 0.6 is 0 Å². The van der Waals surface area contributed by atoms with Crippen molar-refractivity contribution in [1.82, 2.24) is 0 Å². The topological polar surface area (TPSA) is 137 Å². The number of rotatable bonds is 30. The highest BCUT2D eigenvalue weighted by Gasteiger charge is 2.56. The summed E-state index contributed by atoms with van der Waals surface area (Å²) < 4.78 is 86.0. The first-order valence-electron chi connectivity index (χ1n) is 26.4. The molecule has 0 bridgehead atoms. The first kappa shape index (κ1) is 55.9. The fourth-order valence-corrected chi connectivity index (χ4v) is 9.51. The molecule has 3 aliphatic heterocycles. The molecule has 0 spiro atoms. The number of hydrogen-bond donors (Lipinski definition) is 0. The molecule has 0 amide bonds. The summed E-state index contributed by atoms with van der Waals surface area (Å²) >= 11 is 0. The van der Waals surface area contributed by atoms with Gasteiger partial charge in [0.25, 0.3) is 0 Å². The molecule has 75 heavy (non-hydrogen) atoms. The van der Waals surface area contributed by atoms with E-state index in [0.29, 0.717) is 25.4 Å². The van der Waals surface area contributed by atoms with Crippen LogP contribution in [0.1, 0.15) is 79.1 Å². The van der Waals surface area contributed by atoms with Gasteiger partial charge in [-0.25, -0.2) is 0 Å². The van der Waals surface area contributed by atoms with E-state index in [1.54, 1.807) is 13.2 Å². The summed E-state index contributed by atoms with van der Waals surface area (Å²) in [5.74, 6) is 0.533. The van der Waals surface area contributed by atoms with Gasteiger partial charge in [0.15, 0.2) is 18.9 Å². The van der Waals surface area contributed by atoms with E-state index in [4.69, 9.17) is 61.6 Å². The number of methoxy groups -OCH3 is 2. The number of unbranched alkanes of at least 4 members (excludes halogenated alkanes) is 5. The lowest BCUT2D eigenvalue weighted by Crippen LogP contribution is -2.67. The summed E-state index contributed by atoms with van der Waals surface area (Å²) in [5.41, 5.74) is 4.73. The average Bonchev–Trinajstić information content (AvgIpc) is 3.46. The number of hydrogen-bond acceptors (Lipinski definition) is 14. The number of benzene rings is 5. The van der Waals surface area contributed by atoms with Crippen LogP contribution in [0.25, 0.3) is 0 Å². The Labute approximate surface area is 442 Å². The molecule has 402 valence electrons. The maximum absolute atomic E-state index is 11.6. The minimum Gasteiger partial charge on any atom is -0.497 e. The van der Waals surface area contributed by atoms with Crippen LogP contribution in [0.2, 0.25) is 0 Å². The minimum absolute atomic E-state index is 0.141. The van der Waals surface area contributed by atoms with Gasteiger partial charge in [-0.15, -0.1) is 6.58 Å². The summed E-state index contributed by atoms with van der Waals surface area (Å²) in [6.45, 7) is 6.01. The number of carbonyl (C=O) groups excluding carboxylic acids is 1. The summed E-state index contributed by atoms with van der Waals surface area (Å²) in [7, 11) is 3.06. The van der Waals surface area contributed by atoms with Gasteiger partial charge in [0, 0.05) is 18.6 Å². The van der Waals surface area contributed by atoms with Gasteiger partial charge in [0.1, 0.15) is 54.6 Å². The fraction of sp³-hybridized carbons (Fsp3) is 0.459. The van der Waals surface area contributed by atoms with Crippen molar-refractivity contribution < 1.29 is 66.4 Å². The molecule has 0 saturated carbocycles. The predicted molar refractivity (Wildman–Crippen MR) is 280 cm³/mol. The van der Waals surface area contributed by atoms with Crippen molar-refractivity contribution in [1.29, 1.82) is 0 Å². The van der Waals surface area contributed by atoms with E-state index in [9.17, 15) is 4.79 Å². The predicted octanol–water partition coefficient (Wildman–Crippen LogP) is 10.4. The Morgan fingerprint density at radius 1 is 0.560 bits per heavy atom. The number of fused-ring (bicyclic) bond motifs is 1. The van der Waals surface area contributed by atoms with Crippen LogP contribution in [-0.2, 0) is 88.1 Å². The first-order chi connectivity index (χ1) is 37.0. The highest BCUT2D eigenvalue weighted by atomic mass is 16.8. The monoisotopic (exact) mass is 1030 g/mol. The van der Waals surface area contributed by atoms with E-state index in [1.807, 2.05) is 146 Å². The third-order valence-electron chi connectivity index (χ3n) is 13.5. The lowest BCUT2D eigenvalue weighted by molar-refractivity contribution is -0.400. The molecule has 5 aromatic rings. The van der Waals surface area contributed by atoms with Gasteiger partial charge in [-0.2, -0.15) is 0 Å². The zero-order chi connectivity index (χ0) is 51.9. The Bertz CT molecular complexity index is 2360. The SMILES string of the molecule is C=CCO[C@H]1[C@@H](O[C@@H]2[C@@H](OCc3ccccc3)[C@@H](OCCCCCCCCC(=O)OC)O[C@@H]3COC(c4ccc(OC)cc4)O[C@@H]23)O[C@H](COCc2ccccc2)[C@@H](OCc2ccccc2)[C@@H]1OCc1ccccc1. The second kappa shape index (κ2) is 30.4. The van der Waals surface area contributed by atoms with Crippen LogP contribution in [0.15, 0.2) is 158 Å². The smallest absolute Gasteiger partial charge is 0.305 e. The van der Waals surface area contributed by atoms with Gasteiger partial charge in [-0.1, -0.05) is 165 Å². The summed E-state index contributed by atoms with van der Waals surface area (Å²) in [6.07, 6.45) is -1.23. The molecular weight excluding hydrogens is 957 g/mol. The fourth-order valence-electron chi connectivity index (χ4n) is 9.51. The standard InChI is InChI=1S/C61H74O14/c1-4-36-66-57-55(69-40-46-27-17-11-18-28-46)53(68-39-45-25-15-10-16-26-45)50(42-65-38-44-23-13-9-14-24-44)73-61(57)75-56-54-51(43-71-59(74-54)48-32-34-49(63-2)35-33-48)72-60(58(56)70-41-47-29-19-12-20-30-47)67-37-22-8-6-5-7-21-31-52(62)64-3/h4,9-20,23-30,32-35,50-51,53-61H,1,5-8,21-22,31,36-43H2,2-3H3/t50-,51-,53-,54-,55+,56+,57-,58-,59?,60+,61-/m1/s1. The summed E-state index contributed by atoms with van der Waals surface area (Å²) in [4.78, 5) is 11.6. The van der Waals surface area contributed by atoms with Gasteiger partial charge in [0.2, 0.25) is 0 Å². The van der Waals surface area contributed by atoms with Crippen molar-refractivity contribution in [3.8, 4) is 5.75 Å². The van der Waals surface area contributed by atoms with Gasteiger partial charge in [0.05, 0.1) is 60.5 Å². The molecule has 1 unspecified atom stereocenters. The van der Waals surface area contributed by atoms with Crippen LogP contribution < -0.4 is 4.74 Å². The van der Waals surface area contributed by atoms with Gasteiger partial charge < -0.3 is 61.6 Å². The Kier molecular flexibility index (Phi) is 22.7. The van der Waals surface area contributed by atoms with Crippen LogP contribution in [0.4, 0.5) is 0 Å². The molecule has 0 N–H and O–H groups in total. The van der Waals surface area contributed by atoms with Crippen molar-refractivity contribution in [2.75, 3.05) is 40.6 Å². The van der Waals surface area contributed by atoms with Crippen molar-refractivity contribution in [2.24, 2.45) is 0 Å². The molecule has 3 saturated heterocycles. The van der Waals surface area contributed by atoms with Gasteiger partial charge in [-0.05, 0) is 47.2 Å². The number of carbonyl (C=O) groups is 1. The van der Waals surface area contributed by atoms with Crippen LogP contribution in [0.3, 0.4) is 0 Å². The molecule has 0 radical (unpaired) electrons. The van der Waals surface area contributed by atoms with Gasteiger partial charge >= 0.3 is 5.97 Å². The Morgan fingerprint density at radius 2 is 1.11 bits per heavy atom. The Hall–Kier alpha value is -5.33. The minimum atomic E-state index is -1.09. The van der Waals surface area contributed by atoms with Crippen molar-refractivity contribution in [3.05, 3.63) is 186 Å². The molecule has 14 nitrogen and oxygen atoms in total. The van der Waals surface area contributed by atoms with E-state index in [0.717, 1.165) is 66.3 Å². The van der Waals surface area contributed by atoms with E-state index < -0.39 is 67.7 Å². The largest absolute Gasteiger partial charge is 0.497 e. The van der Waals surface area contributed by atoms with Crippen LogP contribution in [-0.4, -0.2) is 108 Å². The Balaban J connectivity index is 1.12. The van der Waals surface area contributed by atoms with E-state index in [-0.39, 0.29) is 45.6 Å². The summed E-state index contributed by atoms with van der Waals surface area (Å²) in [5, 5.41) is 0. The molecule has 5 aromatic carbocycles. The summed E-state index contributed by atoms with van der Waals surface area (Å²) in [6, 6.07) is 47.6. The second-order valence-corrected chi connectivity index (χ2v) is 18.9. The third kappa shape index (κ3) is 16.8. The maximum Gasteiger partial charge on any atom is 0.305 e. The number of ether oxygens (including phenoxy) is 13. The number of esters is 1. The maximum atomic E-state index is 11.6. The molecule has 0 aliphatic carbocycles. The molecule has 8 rings (SSSR count). The molecule has 3 heterocycles. The first-order valence-corrected chi connectivity index (χ1v) is 26.4. The average molecular weight is 1030 g/mol. The Morgan fingerprint density at radius 3 is 1.69 bits per heavy atom. The quantitative estimate of drug-likeness (QED) is 0.0245. The highest BCUT2D eigenvalue weighted by Crippen LogP contribution is 2.40. The van der Waals surface area contributed by atoms with E-state index in [1.165, 1.54) is 7.11 Å².